The quantitative estimate of drug-likeness (QED) is 0.779. The number of rotatable bonds is 3. The zero-order valence-corrected chi connectivity index (χ0v) is 16.6. The fourth-order valence-electron chi connectivity index (χ4n) is 4.13. The molecule has 7 heteroatoms. The van der Waals surface area contributed by atoms with Crippen LogP contribution >= 0.6 is 0 Å². The van der Waals surface area contributed by atoms with E-state index in [9.17, 15) is 14.4 Å². The van der Waals surface area contributed by atoms with E-state index in [1.165, 1.54) is 17.1 Å². The summed E-state index contributed by atoms with van der Waals surface area (Å²) in [5, 5.41) is 0. The number of piperazine rings is 1. The lowest BCUT2D eigenvalue weighted by Crippen LogP contribution is -2.53. The largest absolute Gasteiger partial charge is 0.341 e. The number of piperidine rings is 1. The van der Waals surface area contributed by atoms with Crippen LogP contribution in [0.4, 0.5) is 0 Å². The van der Waals surface area contributed by atoms with E-state index in [1.807, 2.05) is 4.90 Å². The van der Waals surface area contributed by atoms with Gasteiger partial charge in [-0.05, 0) is 24.3 Å². The highest BCUT2D eigenvalue weighted by molar-refractivity contribution is 5.94. The monoisotopic (exact) mass is 374 g/mol. The number of amides is 2. The molecule has 0 N–H and O–H groups in total. The van der Waals surface area contributed by atoms with Gasteiger partial charge in [0.15, 0.2) is 0 Å². The van der Waals surface area contributed by atoms with Crippen molar-refractivity contribution in [3.63, 3.8) is 0 Å². The number of aromatic nitrogens is 1. The first-order valence-electron chi connectivity index (χ1n) is 9.79. The third-order valence-corrected chi connectivity index (χ3v) is 5.59. The second kappa shape index (κ2) is 8.25. The van der Waals surface area contributed by atoms with Crippen LogP contribution in [0.25, 0.3) is 0 Å². The summed E-state index contributed by atoms with van der Waals surface area (Å²) in [5.74, 6) is 1.20. The van der Waals surface area contributed by atoms with Gasteiger partial charge in [-0.2, -0.15) is 0 Å². The van der Waals surface area contributed by atoms with E-state index in [0.717, 1.165) is 13.1 Å². The van der Waals surface area contributed by atoms with Gasteiger partial charge in [-0.25, -0.2) is 0 Å². The van der Waals surface area contributed by atoms with Crippen LogP contribution in [0.5, 0.6) is 0 Å². The SMILES string of the molecule is CC1CC(C)CN(C(=O)CN2CCN(C(=O)c3ccn(C)c(=O)c3)CC2)C1. The number of carbonyl (C=O) groups excluding carboxylic acids is 2. The molecule has 2 aliphatic heterocycles. The molecule has 0 spiro atoms. The van der Waals surface area contributed by atoms with Gasteiger partial charge in [-0.1, -0.05) is 13.8 Å². The summed E-state index contributed by atoms with van der Waals surface area (Å²) in [5.41, 5.74) is 0.244. The molecule has 0 bridgehead atoms. The molecule has 2 amide bonds. The molecule has 1 aromatic rings. The van der Waals surface area contributed by atoms with Crippen molar-refractivity contribution >= 4 is 11.8 Å². The summed E-state index contributed by atoms with van der Waals surface area (Å²) >= 11 is 0. The minimum atomic E-state index is -0.185. The lowest BCUT2D eigenvalue weighted by atomic mass is 9.92. The maximum atomic E-state index is 12.6. The fourth-order valence-corrected chi connectivity index (χ4v) is 4.13. The van der Waals surface area contributed by atoms with Gasteiger partial charge in [0.25, 0.3) is 11.5 Å². The van der Waals surface area contributed by atoms with E-state index in [2.05, 4.69) is 18.7 Å². The molecule has 7 nitrogen and oxygen atoms in total. The van der Waals surface area contributed by atoms with Crippen LogP contribution in [0.3, 0.4) is 0 Å². The molecule has 0 aromatic carbocycles. The van der Waals surface area contributed by atoms with Crippen LogP contribution < -0.4 is 5.56 Å². The molecule has 2 atom stereocenters. The normalized spacial score (nSPS) is 24.1. The molecule has 27 heavy (non-hydrogen) atoms. The van der Waals surface area contributed by atoms with Crippen molar-refractivity contribution in [3.05, 3.63) is 34.2 Å². The number of nitrogens with zero attached hydrogens (tertiary/aromatic N) is 4. The van der Waals surface area contributed by atoms with Crippen molar-refractivity contribution in [1.82, 2.24) is 19.3 Å². The summed E-state index contributed by atoms with van der Waals surface area (Å²) in [6.07, 6.45) is 2.80. The van der Waals surface area contributed by atoms with Crippen molar-refractivity contribution in [2.45, 2.75) is 20.3 Å². The van der Waals surface area contributed by atoms with Gasteiger partial charge in [0.05, 0.1) is 6.54 Å². The lowest BCUT2D eigenvalue weighted by Gasteiger charge is -2.38. The maximum Gasteiger partial charge on any atom is 0.254 e. The highest BCUT2D eigenvalue weighted by Gasteiger charge is 2.28. The Bertz CT molecular complexity index is 742. The molecule has 3 rings (SSSR count). The number of aryl methyl sites for hydroxylation is 1. The number of likely N-dealkylation sites (tertiary alicyclic amines) is 1. The van der Waals surface area contributed by atoms with Crippen LogP contribution in [-0.2, 0) is 11.8 Å². The molecule has 0 saturated carbocycles. The Morgan fingerprint density at radius 3 is 2.26 bits per heavy atom. The van der Waals surface area contributed by atoms with E-state index in [0.29, 0.717) is 50.1 Å². The summed E-state index contributed by atoms with van der Waals surface area (Å²) in [6, 6.07) is 3.06. The van der Waals surface area contributed by atoms with Crippen molar-refractivity contribution in [3.8, 4) is 0 Å². The van der Waals surface area contributed by atoms with Crippen LogP contribution in [0.1, 0.15) is 30.6 Å². The van der Waals surface area contributed by atoms with Crippen molar-refractivity contribution in [2.75, 3.05) is 45.8 Å². The fraction of sp³-hybridized carbons (Fsp3) is 0.650. The Morgan fingerprint density at radius 2 is 1.67 bits per heavy atom. The van der Waals surface area contributed by atoms with Crippen molar-refractivity contribution in [2.24, 2.45) is 18.9 Å². The molecule has 1 aromatic heterocycles. The lowest BCUT2D eigenvalue weighted by molar-refractivity contribution is -0.135. The van der Waals surface area contributed by atoms with Crippen molar-refractivity contribution < 1.29 is 9.59 Å². The first kappa shape index (κ1) is 19.6. The van der Waals surface area contributed by atoms with Crippen LogP contribution in [0, 0.1) is 11.8 Å². The summed E-state index contributed by atoms with van der Waals surface area (Å²) < 4.78 is 1.45. The molecule has 3 heterocycles. The Morgan fingerprint density at radius 1 is 1.04 bits per heavy atom. The Kier molecular flexibility index (Phi) is 5.99. The predicted octanol–water partition coefficient (Wildman–Crippen LogP) is 0.648. The zero-order chi connectivity index (χ0) is 19.6. The molecule has 0 radical (unpaired) electrons. The molecular formula is C20H30N4O3. The first-order chi connectivity index (χ1) is 12.8. The molecule has 148 valence electrons. The van der Waals surface area contributed by atoms with Gasteiger partial charge in [-0.3, -0.25) is 19.3 Å². The van der Waals surface area contributed by atoms with Gasteiger partial charge in [0.1, 0.15) is 0 Å². The highest BCUT2D eigenvalue weighted by atomic mass is 16.2. The first-order valence-corrected chi connectivity index (χ1v) is 9.79. The van der Waals surface area contributed by atoms with Gasteiger partial charge in [-0.15, -0.1) is 0 Å². The van der Waals surface area contributed by atoms with Crippen molar-refractivity contribution in [1.29, 1.82) is 0 Å². The van der Waals surface area contributed by atoms with Gasteiger partial charge < -0.3 is 14.4 Å². The van der Waals surface area contributed by atoms with Gasteiger partial charge in [0, 0.05) is 64.1 Å². The van der Waals surface area contributed by atoms with E-state index >= 15 is 0 Å². The number of carbonyl (C=O) groups is 2. The second-order valence-electron chi connectivity index (χ2n) is 8.18. The highest BCUT2D eigenvalue weighted by Crippen LogP contribution is 2.21. The molecule has 2 fully saturated rings. The van der Waals surface area contributed by atoms with Gasteiger partial charge >= 0.3 is 0 Å². The predicted molar refractivity (Wildman–Crippen MR) is 104 cm³/mol. The molecule has 2 unspecified atom stereocenters. The van der Waals surface area contributed by atoms with Crippen LogP contribution in [-0.4, -0.2) is 76.9 Å². The smallest absolute Gasteiger partial charge is 0.254 e. The average Bonchev–Trinajstić information content (AvgIpc) is 2.63. The van der Waals surface area contributed by atoms with E-state index in [-0.39, 0.29) is 17.4 Å². The third kappa shape index (κ3) is 4.77. The topological polar surface area (TPSA) is 65.9 Å². The van der Waals surface area contributed by atoms with Crippen LogP contribution in [0.15, 0.2) is 23.1 Å². The Balaban J connectivity index is 1.51. The number of pyridine rings is 1. The summed E-state index contributed by atoms with van der Waals surface area (Å²) in [7, 11) is 1.66. The molecular weight excluding hydrogens is 344 g/mol. The van der Waals surface area contributed by atoms with E-state index in [1.54, 1.807) is 24.2 Å². The summed E-state index contributed by atoms with van der Waals surface area (Å²) in [6.45, 7) is 9.06. The van der Waals surface area contributed by atoms with Crippen LogP contribution in [0.2, 0.25) is 0 Å². The zero-order valence-electron chi connectivity index (χ0n) is 16.6. The minimum Gasteiger partial charge on any atom is -0.341 e. The standard InChI is InChI=1S/C20H30N4O3/c1-15-10-16(2)13-24(12-15)19(26)14-22-6-8-23(9-7-22)20(27)17-4-5-21(3)18(25)11-17/h4-5,11,15-16H,6-10,12-14H2,1-3H3. The number of hydrogen-bond donors (Lipinski definition) is 0. The Labute approximate surface area is 160 Å². The maximum absolute atomic E-state index is 12.6. The summed E-state index contributed by atoms with van der Waals surface area (Å²) in [4.78, 5) is 42.9. The van der Waals surface area contributed by atoms with E-state index < -0.39 is 0 Å². The second-order valence-corrected chi connectivity index (χ2v) is 8.18. The average molecular weight is 374 g/mol. The minimum absolute atomic E-state index is 0.114. The number of hydrogen-bond acceptors (Lipinski definition) is 4. The molecule has 2 saturated heterocycles. The molecule has 2 aliphatic rings. The van der Waals surface area contributed by atoms with Gasteiger partial charge in [0.2, 0.25) is 5.91 Å². The Hall–Kier alpha value is -2.15. The third-order valence-electron chi connectivity index (χ3n) is 5.59. The molecule has 0 aliphatic carbocycles. The van der Waals surface area contributed by atoms with E-state index in [4.69, 9.17) is 0 Å².